The summed E-state index contributed by atoms with van der Waals surface area (Å²) in [5.74, 6) is 0.144. The van der Waals surface area contributed by atoms with Crippen LogP contribution in [-0.2, 0) is 9.59 Å². The van der Waals surface area contributed by atoms with Crippen LogP contribution in [0.15, 0.2) is 0 Å². The van der Waals surface area contributed by atoms with Gasteiger partial charge in [0.15, 0.2) is 0 Å². The maximum Gasteiger partial charge on any atom is 0.138 e. The number of hydrogen-bond acceptors (Lipinski definition) is 3. The predicted octanol–water partition coefficient (Wildman–Crippen LogP) is 1.55. The molecular formula is C11H21NO2. The summed E-state index contributed by atoms with van der Waals surface area (Å²) < 4.78 is 0. The lowest BCUT2D eigenvalue weighted by molar-refractivity contribution is -0.127. The zero-order valence-electron chi connectivity index (χ0n) is 9.16. The Bertz CT molecular complexity index is 178. The number of hydrogen-bond donors (Lipinski definition) is 1. The Morgan fingerprint density at radius 2 is 2.00 bits per heavy atom. The van der Waals surface area contributed by atoms with Gasteiger partial charge in [0.05, 0.1) is 0 Å². The van der Waals surface area contributed by atoms with Crippen LogP contribution < -0.4 is 5.73 Å². The van der Waals surface area contributed by atoms with Crippen LogP contribution in [0, 0.1) is 11.8 Å². The summed E-state index contributed by atoms with van der Waals surface area (Å²) in [6.07, 6.45) is 3.87. The first-order valence-electron chi connectivity index (χ1n) is 5.30. The third kappa shape index (κ3) is 5.12. The second-order valence-corrected chi connectivity index (χ2v) is 3.94. The molecule has 0 fully saturated rings. The first-order valence-corrected chi connectivity index (χ1v) is 5.30. The average Bonchev–Trinajstić information content (AvgIpc) is 2.15. The molecule has 0 aromatic rings. The predicted molar refractivity (Wildman–Crippen MR) is 56.9 cm³/mol. The number of nitrogens with two attached hydrogens (primary N) is 1. The van der Waals surface area contributed by atoms with E-state index in [4.69, 9.17) is 5.73 Å². The molecular weight excluding hydrogens is 178 g/mol. The molecule has 3 heteroatoms. The SMILES string of the molecule is CC(C)C(=O)C(CC=O)CCCCN. The number of rotatable bonds is 8. The summed E-state index contributed by atoms with van der Waals surface area (Å²) in [6.45, 7) is 4.41. The van der Waals surface area contributed by atoms with Gasteiger partial charge >= 0.3 is 0 Å². The third-order valence-corrected chi connectivity index (χ3v) is 2.36. The molecule has 0 saturated carbocycles. The summed E-state index contributed by atoms with van der Waals surface area (Å²) in [5.41, 5.74) is 5.37. The third-order valence-electron chi connectivity index (χ3n) is 2.36. The summed E-state index contributed by atoms with van der Waals surface area (Å²) in [7, 11) is 0. The van der Waals surface area contributed by atoms with Crippen molar-refractivity contribution in [2.45, 2.75) is 39.5 Å². The quantitative estimate of drug-likeness (QED) is 0.476. The van der Waals surface area contributed by atoms with Crippen molar-refractivity contribution in [3.05, 3.63) is 0 Å². The van der Waals surface area contributed by atoms with Gasteiger partial charge in [0.25, 0.3) is 0 Å². The molecule has 3 nitrogen and oxygen atoms in total. The standard InChI is InChI=1S/C11H21NO2/c1-9(2)11(14)10(6-8-13)5-3-4-7-12/h8-10H,3-7,12H2,1-2H3. The van der Waals surface area contributed by atoms with E-state index in [1.165, 1.54) is 0 Å². The van der Waals surface area contributed by atoms with Crippen LogP contribution >= 0.6 is 0 Å². The zero-order chi connectivity index (χ0) is 11.0. The maximum absolute atomic E-state index is 11.6. The van der Waals surface area contributed by atoms with E-state index in [0.717, 1.165) is 25.5 Å². The van der Waals surface area contributed by atoms with E-state index in [9.17, 15) is 9.59 Å². The second kappa shape index (κ2) is 7.68. The number of carbonyl (C=O) groups is 2. The van der Waals surface area contributed by atoms with E-state index in [2.05, 4.69) is 0 Å². The largest absolute Gasteiger partial charge is 0.330 e. The van der Waals surface area contributed by atoms with Crippen LogP contribution in [0.5, 0.6) is 0 Å². The van der Waals surface area contributed by atoms with Crippen molar-refractivity contribution in [3.8, 4) is 0 Å². The normalized spacial score (nSPS) is 12.9. The molecule has 0 heterocycles. The van der Waals surface area contributed by atoms with Crippen LogP contribution in [0.1, 0.15) is 39.5 Å². The molecule has 1 atom stereocenters. The van der Waals surface area contributed by atoms with Gasteiger partial charge in [-0.2, -0.15) is 0 Å². The Balaban J connectivity index is 4.00. The van der Waals surface area contributed by atoms with E-state index in [-0.39, 0.29) is 17.6 Å². The smallest absolute Gasteiger partial charge is 0.138 e. The van der Waals surface area contributed by atoms with Crippen LogP contribution in [0.3, 0.4) is 0 Å². The minimum atomic E-state index is -0.0842. The van der Waals surface area contributed by atoms with Gasteiger partial charge in [-0.3, -0.25) is 4.79 Å². The highest BCUT2D eigenvalue weighted by Crippen LogP contribution is 2.16. The van der Waals surface area contributed by atoms with E-state index >= 15 is 0 Å². The second-order valence-electron chi connectivity index (χ2n) is 3.94. The minimum Gasteiger partial charge on any atom is -0.330 e. The molecule has 0 spiro atoms. The van der Waals surface area contributed by atoms with Crippen molar-refractivity contribution < 1.29 is 9.59 Å². The van der Waals surface area contributed by atoms with Crippen molar-refractivity contribution in [3.63, 3.8) is 0 Å². The summed E-state index contributed by atoms with van der Waals surface area (Å²) in [4.78, 5) is 22.0. The Labute approximate surface area is 86.1 Å². The van der Waals surface area contributed by atoms with E-state index in [0.29, 0.717) is 13.0 Å². The van der Waals surface area contributed by atoms with Gasteiger partial charge in [0, 0.05) is 18.3 Å². The highest BCUT2D eigenvalue weighted by Gasteiger charge is 2.19. The average molecular weight is 199 g/mol. The van der Waals surface area contributed by atoms with Crippen molar-refractivity contribution >= 4 is 12.1 Å². The molecule has 0 aliphatic rings. The molecule has 82 valence electrons. The molecule has 0 saturated heterocycles. The van der Waals surface area contributed by atoms with Gasteiger partial charge in [-0.05, 0) is 19.4 Å². The maximum atomic E-state index is 11.6. The van der Waals surface area contributed by atoms with Gasteiger partial charge in [-0.1, -0.05) is 20.3 Å². The van der Waals surface area contributed by atoms with E-state index in [1.54, 1.807) is 0 Å². The molecule has 1 unspecified atom stereocenters. The number of ketones is 1. The molecule has 0 bridgehead atoms. The van der Waals surface area contributed by atoms with Gasteiger partial charge < -0.3 is 10.5 Å². The fourth-order valence-electron chi connectivity index (χ4n) is 1.50. The molecule has 2 N–H and O–H groups in total. The molecule has 0 aromatic heterocycles. The topological polar surface area (TPSA) is 60.2 Å². The molecule has 0 rings (SSSR count). The first-order chi connectivity index (χ1) is 6.63. The number of Topliss-reactive ketones (excluding diaryl/α,β-unsaturated/α-hetero) is 1. The lowest BCUT2D eigenvalue weighted by Gasteiger charge is -2.14. The molecule has 14 heavy (non-hydrogen) atoms. The van der Waals surface area contributed by atoms with Crippen LogP contribution in [0.25, 0.3) is 0 Å². The van der Waals surface area contributed by atoms with Crippen LogP contribution in [0.4, 0.5) is 0 Å². The zero-order valence-corrected chi connectivity index (χ0v) is 9.16. The summed E-state index contributed by atoms with van der Waals surface area (Å²) in [5, 5.41) is 0. The first kappa shape index (κ1) is 13.3. The Morgan fingerprint density at radius 1 is 1.36 bits per heavy atom. The van der Waals surface area contributed by atoms with Crippen molar-refractivity contribution in [2.75, 3.05) is 6.54 Å². The Hall–Kier alpha value is -0.700. The molecule has 0 aliphatic heterocycles. The van der Waals surface area contributed by atoms with Crippen LogP contribution in [-0.4, -0.2) is 18.6 Å². The van der Waals surface area contributed by atoms with E-state index < -0.39 is 0 Å². The van der Waals surface area contributed by atoms with Crippen molar-refractivity contribution in [1.29, 1.82) is 0 Å². The van der Waals surface area contributed by atoms with Gasteiger partial charge in [-0.15, -0.1) is 0 Å². The van der Waals surface area contributed by atoms with Crippen LogP contribution in [0.2, 0.25) is 0 Å². The fraction of sp³-hybridized carbons (Fsp3) is 0.818. The van der Waals surface area contributed by atoms with Gasteiger partial charge in [0.2, 0.25) is 0 Å². The Kier molecular flexibility index (Phi) is 7.30. The number of aldehydes is 1. The Morgan fingerprint density at radius 3 is 2.43 bits per heavy atom. The van der Waals surface area contributed by atoms with Gasteiger partial charge in [0.1, 0.15) is 12.1 Å². The van der Waals surface area contributed by atoms with Crippen molar-refractivity contribution in [1.82, 2.24) is 0 Å². The number of unbranched alkanes of at least 4 members (excludes halogenated alkanes) is 1. The van der Waals surface area contributed by atoms with E-state index in [1.807, 2.05) is 13.8 Å². The van der Waals surface area contributed by atoms with Crippen molar-refractivity contribution in [2.24, 2.45) is 17.6 Å². The lowest BCUT2D eigenvalue weighted by atomic mass is 9.89. The lowest BCUT2D eigenvalue weighted by Crippen LogP contribution is -2.20. The van der Waals surface area contributed by atoms with Gasteiger partial charge in [-0.25, -0.2) is 0 Å². The highest BCUT2D eigenvalue weighted by molar-refractivity contribution is 5.84. The molecule has 0 aromatic carbocycles. The molecule has 0 radical (unpaired) electrons. The number of carbonyl (C=O) groups excluding carboxylic acids is 2. The minimum absolute atomic E-state index is 0.0258. The molecule has 0 amide bonds. The highest BCUT2D eigenvalue weighted by atomic mass is 16.1. The fourth-order valence-corrected chi connectivity index (χ4v) is 1.50. The summed E-state index contributed by atoms with van der Waals surface area (Å²) in [6, 6.07) is 0. The molecule has 0 aliphatic carbocycles. The monoisotopic (exact) mass is 199 g/mol. The summed E-state index contributed by atoms with van der Waals surface area (Å²) >= 11 is 0.